The van der Waals surface area contributed by atoms with E-state index < -0.39 is 5.97 Å². The molecule has 1 aliphatic heterocycles. The molecule has 1 aromatic heterocycles. The highest BCUT2D eigenvalue weighted by molar-refractivity contribution is 6.30. The summed E-state index contributed by atoms with van der Waals surface area (Å²) in [6.07, 6.45) is 2.32. The van der Waals surface area contributed by atoms with Gasteiger partial charge in [-0.05, 0) is 19.0 Å². The van der Waals surface area contributed by atoms with E-state index in [4.69, 9.17) is 16.7 Å². The van der Waals surface area contributed by atoms with E-state index in [9.17, 15) is 4.79 Å². The fourth-order valence-corrected chi connectivity index (χ4v) is 1.79. The predicted molar refractivity (Wildman–Crippen MR) is 51.6 cm³/mol. The molecule has 2 N–H and O–H groups in total. The number of carbonyl (C=O) groups is 1. The lowest BCUT2D eigenvalue weighted by molar-refractivity contribution is 0.0694. The van der Waals surface area contributed by atoms with E-state index in [1.165, 1.54) is 12.3 Å². The molecule has 0 spiro atoms. The first-order chi connectivity index (χ1) is 6.70. The highest BCUT2D eigenvalue weighted by Gasteiger charge is 2.26. The number of hydrogen-bond acceptors (Lipinski definition) is 3. The molecule has 1 saturated heterocycles. The van der Waals surface area contributed by atoms with E-state index in [0.29, 0.717) is 5.56 Å². The van der Waals surface area contributed by atoms with Gasteiger partial charge in [-0.2, -0.15) is 0 Å². The minimum atomic E-state index is -0.960. The second-order valence-corrected chi connectivity index (χ2v) is 3.52. The Kier molecular flexibility index (Phi) is 2.39. The van der Waals surface area contributed by atoms with Crippen molar-refractivity contribution in [1.82, 2.24) is 10.3 Å². The lowest BCUT2D eigenvalue weighted by Crippen LogP contribution is -2.36. The molecule has 5 heteroatoms. The Bertz CT molecular complexity index is 377. The Morgan fingerprint density at radius 3 is 2.93 bits per heavy atom. The van der Waals surface area contributed by atoms with Gasteiger partial charge in [-0.3, -0.25) is 0 Å². The molecule has 74 valence electrons. The molecule has 0 aliphatic carbocycles. The number of aromatic nitrogens is 1. The summed E-state index contributed by atoms with van der Waals surface area (Å²) in [5.41, 5.74) is 0.843. The first kappa shape index (κ1) is 9.43. The third-order valence-corrected chi connectivity index (χ3v) is 2.65. The van der Waals surface area contributed by atoms with E-state index in [1.807, 2.05) is 0 Å². The minimum absolute atomic E-state index is 0.0438. The van der Waals surface area contributed by atoms with Crippen LogP contribution in [0.2, 0.25) is 5.15 Å². The van der Waals surface area contributed by atoms with Gasteiger partial charge in [0.1, 0.15) is 5.15 Å². The van der Waals surface area contributed by atoms with E-state index in [0.717, 1.165) is 13.0 Å². The summed E-state index contributed by atoms with van der Waals surface area (Å²) in [5.74, 6) is -0.960. The number of hydrogen-bond donors (Lipinski definition) is 2. The molecule has 1 unspecified atom stereocenters. The zero-order chi connectivity index (χ0) is 10.1. The van der Waals surface area contributed by atoms with Crippen LogP contribution in [0.5, 0.6) is 0 Å². The SMILES string of the molecule is O=C(O)c1ccnc(Cl)c1C1CCN1. The van der Waals surface area contributed by atoms with Crippen LogP contribution in [0.1, 0.15) is 28.4 Å². The van der Waals surface area contributed by atoms with Gasteiger partial charge in [0.15, 0.2) is 0 Å². The first-order valence-corrected chi connectivity index (χ1v) is 4.69. The average Bonchev–Trinajstić information content (AvgIpc) is 2.04. The third kappa shape index (κ3) is 1.47. The highest BCUT2D eigenvalue weighted by atomic mass is 35.5. The maximum absolute atomic E-state index is 10.9. The largest absolute Gasteiger partial charge is 0.478 e. The van der Waals surface area contributed by atoms with Gasteiger partial charge < -0.3 is 10.4 Å². The molecule has 4 nitrogen and oxygen atoms in total. The topological polar surface area (TPSA) is 62.2 Å². The van der Waals surface area contributed by atoms with Gasteiger partial charge in [0.25, 0.3) is 0 Å². The summed E-state index contributed by atoms with van der Waals surface area (Å²) in [6.45, 7) is 0.898. The average molecular weight is 213 g/mol. The molecule has 14 heavy (non-hydrogen) atoms. The monoisotopic (exact) mass is 212 g/mol. The third-order valence-electron chi connectivity index (χ3n) is 2.34. The Morgan fingerprint density at radius 2 is 2.43 bits per heavy atom. The molecule has 0 amide bonds. The Hall–Kier alpha value is -1.13. The molecule has 1 aliphatic rings. The molecule has 0 bridgehead atoms. The molecule has 0 saturated carbocycles. The molecule has 2 rings (SSSR count). The van der Waals surface area contributed by atoms with Gasteiger partial charge in [-0.1, -0.05) is 11.6 Å². The van der Waals surface area contributed by atoms with Crippen LogP contribution in [0.3, 0.4) is 0 Å². The number of nitrogens with one attached hydrogen (secondary N) is 1. The molecule has 1 atom stereocenters. The molecule has 1 fully saturated rings. The highest BCUT2D eigenvalue weighted by Crippen LogP contribution is 2.30. The number of carboxylic acids is 1. The van der Waals surface area contributed by atoms with Crippen LogP contribution in [-0.2, 0) is 0 Å². The van der Waals surface area contributed by atoms with Crippen LogP contribution in [0.25, 0.3) is 0 Å². The summed E-state index contributed by atoms with van der Waals surface area (Å²) in [6, 6.07) is 1.52. The van der Waals surface area contributed by atoms with Crippen molar-refractivity contribution < 1.29 is 9.90 Å². The Morgan fingerprint density at radius 1 is 1.71 bits per heavy atom. The fourth-order valence-electron chi connectivity index (χ4n) is 1.50. The van der Waals surface area contributed by atoms with Gasteiger partial charge in [-0.15, -0.1) is 0 Å². The molecular formula is C9H9ClN2O2. The van der Waals surface area contributed by atoms with Gasteiger partial charge in [0.05, 0.1) is 5.56 Å². The normalized spacial score (nSPS) is 20.2. The summed E-state index contributed by atoms with van der Waals surface area (Å²) in [7, 11) is 0. The van der Waals surface area contributed by atoms with E-state index in [-0.39, 0.29) is 16.8 Å². The van der Waals surface area contributed by atoms with Gasteiger partial charge in [-0.25, -0.2) is 9.78 Å². The number of aromatic carboxylic acids is 1. The zero-order valence-corrected chi connectivity index (χ0v) is 8.08. The summed E-state index contributed by atoms with van der Waals surface area (Å²) < 4.78 is 0. The lowest BCUT2D eigenvalue weighted by atomic mass is 9.95. The van der Waals surface area contributed by atoms with Crippen molar-refractivity contribution in [3.63, 3.8) is 0 Å². The van der Waals surface area contributed by atoms with Crippen LogP contribution < -0.4 is 5.32 Å². The van der Waals surface area contributed by atoms with Crippen LogP contribution in [0.15, 0.2) is 12.3 Å². The smallest absolute Gasteiger partial charge is 0.336 e. The van der Waals surface area contributed by atoms with Crippen LogP contribution >= 0.6 is 11.6 Å². The van der Waals surface area contributed by atoms with Gasteiger partial charge >= 0.3 is 5.97 Å². The number of halogens is 1. The second kappa shape index (κ2) is 3.55. The van der Waals surface area contributed by atoms with Crippen molar-refractivity contribution in [2.75, 3.05) is 6.54 Å². The van der Waals surface area contributed by atoms with Crippen LogP contribution in [-0.4, -0.2) is 22.6 Å². The number of nitrogens with zero attached hydrogens (tertiary/aromatic N) is 1. The number of pyridine rings is 1. The Balaban J connectivity index is 2.47. The van der Waals surface area contributed by atoms with E-state index in [2.05, 4.69) is 10.3 Å². The summed E-state index contributed by atoms with van der Waals surface area (Å²) in [5, 5.41) is 12.3. The van der Waals surface area contributed by atoms with Crippen LogP contribution in [0, 0.1) is 0 Å². The maximum Gasteiger partial charge on any atom is 0.336 e. The fraction of sp³-hybridized carbons (Fsp3) is 0.333. The lowest BCUT2D eigenvalue weighted by Gasteiger charge is -2.29. The maximum atomic E-state index is 10.9. The molecule has 0 aromatic carbocycles. The Labute approximate surface area is 85.9 Å². The molecule has 2 heterocycles. The van der Waals surface area contributed by atoms with Crippen molar-refractivity contribution in [2.45, 2.75) is 12.5 Å². The first-order valence-electron chi connectivity index (χ1n) is 4.31. The minimum Gasteiger partial charge on any atom is -0.478 e. The number of carboxylic acid groups (broad SMARTS) is 1. The van der Waals surface area contributed by atoms with Crippen molar-refractivity contribution >= 4 is 17.6 Å². The summed E-state index contributed by atoms with van der Waals surface area (Å²) >= 11 is 5.87. The zero-order valence-electron chi connectivity index (χ0n) is 7.33. The standard InChI is InChI=1S/C9H9ClN2O2/c10-8-7(6-2-4-11-6)5(9(13)14)1-3-12-8/h1,3,6,11H,2,4H2,(H,13,14). The van der Waals surface area contributed by atoms with Crippen molar-refractivity contribution in [3.05, 3.63) is 28.5 Å². The van der Waals surface area contributed by atoms with Crippen molar-refractivity contribution in [3.8, 4) is 0 Å². The quantitative estimate of drug-likeness (QED) is 0.729. The predicted octanol–water partition coefficient (Wildman–Crippen LogP) is 1.47. The summed E-state index contributed by atoms with van der Waals surface area (Å²) in [4.78, 5) is 14.8. The van der Waals surface area contributed by atoms with E-state index >= 15 is 0 Å². The number of rotatable bonds is 2. The molecule has 1 aromatic rings. The van der Waals surface area contributed by atoms with Gasteiger partial charge in [0, 0.05) is 17.8 Å². The second-order valence-electron chi connectivity index (χ2n) is 3.16. The van der Waals surface area contributed by atoms with Gasteiger partial charge in [0.2, 0.25) is 0 Å². The van der Waals surface area contributed by atoms with Crippen molar-refractivity contribution in [2.24, 2.45) is 0 Å². The van der Waals surface area contributed by atoms with Crippen molar-refractivity contribution in [1.29, 1.82) is 0 Å². The molecular weight excluding hydrogens is 204 g/mol. The van der Waals surface area contributed by atoms with E-state index in [1.54, 1.807) is 0 Å². The molecule has 0 radical (unpaired) electrons. The van der Waals surface area contributed by atoms with Crippen LogP contribution in [0.4, 0.5) is 0 Å².